The fraction of sp³-hybridized carbons (Fsp3) is 0.409. The maximum absolute atomic E-state index is 12.5. The van der Waals surface area contributed by atoms with Gasteiger partial charge in [0.2, 0.25) is 5.91 Å². The Morgan fingerprint density at radius 2 is 1.52 bits per heavy atom. The zero-order valence-electron chi connectivity index (χ0n) is 16.1. The summed E-state index contributed by atoms with van der Waals surface area (Å²) in [6.45, 7) is 12.7. The van der Waals surface area contributed by atoms with Crippen LogP contribution in [0.1, 0.15) is 57.4 Å². The van der Waals surface area contributed by atoms with E-state index >= 15 is 0 Å². The monoisotopic (exact) mass is 355 g/mol. The van der Waals surface area contributed by atoms with E-state index in [0.29, 0.717) is 0 Å². The van der Waals surface area contributed by atoms with Crippen LogP contribution in [0.25, 0.3) is 0 Å². The molecule has 3 heteroatoms. The molecular weight excluding hydrogens is 326 g/mol. The largest absolute Gasteiger partial charge is 0.349 e. The van der Waals surface area contributed by atoms with Gasteiger partial charge < -0.3 is 5.32 Å². The summed E-state index contributed by atoms with van der Waals surface area (Å²) in [5.74, 6) is 0.0676. The fourth-order valence-electron chi connectivity index (χ4n) is 2.56. The van der Waals surface area contributed by atoms with Gasteiger partial charge in [-0.05, 0) is 49.4 Å². The molecule has 134 valence electrons. The Balaban J connectivity index is 1.95. The van der Waals surface area contributed by atoms with Gasteiger partial charge in [-0.25, -0.2) is 0 Å². The van der Waals surface area contributed by atoms with Gasteiger partial charge in [0.25, 0.3) is 0 Å². The van der Waals surface area contributed by atoms with E-state index in [1.165, 1.54) is 11.1 Å². The maximum atomic E-state index is 12.5. The molecule has 2 nitrogen and oxygen atoms in total. The smallest absolute Gasteiger partial charge is 0.233 e. The quantitative estimate of drug-likeness (QED) is 0.702. The van der Waals surface area contributed by atoms with Gasteiger partial charge in [0.15, 0.2) is 0 Å². The van der Waals surface area contributed by atoms with Crippen LogP contribution in [0.5, 0.6) is 0 Å². The van der Waals surface area contributed by atoms with Crippen LogP contribution >= 0.6 is 11.8 Å². The second-order valence-corrected chi connectivity index (χ2v) is 9.09. The van der Waals surface area contributed by atoms with Crippen LogP contribution in [0.15, 0.2) is 53.4 Å². The first-order valence-electron chi connectivity index (χ1n) is 8.81. The van der Waals surface area contributed by atoms with Crippen molar-refractivity contribution in [3.8, 4) is 0 Å². The van der Waals surface area contributed by atoms with E-state index in [4.69, 9.17) is 0 Å². The van der Waals surface area contributed by atoms with Crippen molar-refractivity contribution in [1.82, 2.24) is 5.32 Å². The molecule has 0 saturated heterocycles. The molecule has 2 atom stereocenters. The number of carbonyl (C=O) groups is 1. The average Bonchev–Trinajstić information content (AvgIpc) is 2.56. The number of benzene rings is 2. The lowest BCUT2D eigenvalue weighted by molar-refractivity contribution is -0.120. The fourth-order valence-corrected chi connectivity index (χ4v) is 3.44. The van der Waals surface area contributed by atoms with Crippen molar-refractivity contribution < 1.29 is 4.79 Å². The summed E-state index contributed by atoms with van der Waals surface area (Å²) in [7, 11) is 0. The lowest BCUT2D eigenvalue weighted by atomic mass is 9.86. The van der Waals surface area contributed by atoms with E-state index in [0.717, 1.165) is 10.5 Å². The molecule has 2 aromatic rings. The molecule has 2 aromatic carbocycles. The van der Waals surface area contributed by atoms with Crippen LogP contribution in [-0.4, -0.2) is 11.2 Å². The highest BCUT2D eigenvalue weighted by molar-refractivity contribution is 8.00. The SMILES string of the molecule is Cc1ccc(S[C@H](C)C(=O)N[C@H](C)c2ccc(C(C)(C)C)cc2)cc1. The van der Waals surface area contributed by atoms with Crippen LogP contribution in [0.2, 0.25) is 0 Å². The first-order valence-corrected chi connectivity index (χ1v) is 9.69. The van der Waals surface area contributed by atoms with Crippen molar-refractivity contribution in [1.29, 1.82) is 0 Å². The molecule has 0 heterocycles. The van der Waals surface area contributed by atoms with E-state index in [9.17, 15) is 4.79 Å². The molecule has 0 unspecified atom stereocenters. The summed E-state index contributed by atoms with van der Waals surface area (Å²) in [5.41, 5.74) is 3.81. The van der Waals surface area contributed by atoms with Crippen molar-refractivity contribution >= 4 is 17.7 Å². The van der Waals surface area contributed by atoms with Crippen molar-refractivity contribution in [3.63, 3.8) is 0 Å². The minimum Gasteiger partial charge on any atom is -0.349 e. The van der Waals surface area contributed by atoms with Gasteiger partial charge in [-0.2, -0.15) is 0 Å². The van der Waals surface area contributed by atoms with Crippen LogP contribution in [0.4, 0.5) is 0 Å². The molecule has 0 aliphatic heterocycles. The standard InChI is InChI=1S/C22H29NOS/c1-15-7-13-20(14-8-15)25-17(3)21(24)23-16(2)18-9-11-19(12-10-18)22(4,5)6/h7-14,16-17H,1-6H3,(H,23,24)/t16-,17-/m1/s1. The summed E-state index contributed by atoms with van der Waals surface area (Å²) in [6, 6.07) is 16.8. The molecule has 1 amide bonds. The lowest BCUT2D eigenvalue weighted by Gasteiger charge is -2.21. The number of amides is 1. The molecule has 25 heavy (non-hydrogen) atoms. The van der Waals surface area contributed by atoms with Gasteiger partial charge in [0.1, 0.15) is 0 Å². The van der Waals surface area contributed by atoms with Crippen LogP contribution < -0.4 is 5.32 Å². The van der Waals surface area contributed by atoms with Crippen molar-refractivity contribution in [2.75, 3.05) is 0 Å². The van der Waals surface area contributed by atoms with Crippen LogP contribution in [0.3, 0.4) is 0 Å². The number of rotatable bonds is 5. The molecule has 0 radical (unpaired) electrons. The van der Waals surface area contributed by atoms with Gasteiger partial charge in [-0.15, -0.1) is 11.8 Å². The van der Waals surface area contributed by atoms with E-state index in [2.05, 4.69) is 81.5 Å². The minimum absolute atomic E-state index is 0.00239. The minimum atomic E-state index is -0.126. The Labute approximate surface area is 156 Å². The Bertz CT molecular complexity index is 698. The van der Waals surface area contributed by atoms with Gasteiger partial charge in [0, 0.05) is 4.90 Å². The molecule has 1 N–H and O–H groups in total. The highest BCUT2D eigenvalue weighted by Gasteiger charge is 2.18. The van der Waals surface area contributed by atoms with E-state index < -0.39 is 0 Å². The third kappa shape index (κ3) is 5.64. The molecule has 0 saturated carbocycles. The Kier molecular flexibility index (Phi) is 6.34. The number of hydrogen-bond acceptors (Lipinski definition) is 2. The lowest BCUT2D eigenvalue weighted by Crippen LogP contribution is -2.33. The number of hydrogen-bond donors (Lipinski definition) is 1. The zero-order valence-corrected chi connectivity index (χ0v) is 16.9. The molecule has 0 aliphatic carbocycles. The van der Waals surface area contributed by atoms with E-state index in [-0.39, 0.29) is 22.6 Å². The Hall–Kier alpha value is -1.74. The average molecular weight is 356 g/mol. The van der Waals surface area contributed by atoms with Gasteiger partial charge >= 0.3 is 0 Å². The van der Waals surface area contributed by atoms with E-state index in [1.54, 1.807) is 11.8 Å². The predicted octanol–water partition coefficient (Wildman–Crippen LogP) is 5.65. The van der Waals surface area contributed by atoms with Gasteiger partial charge in [-0.1, -0.05) is 62.7 Å². The van der Waals surface area contributed by atoms with Gasteiger partial charge in [-0.3, -0.25) is 4.79 Å². The summed E-state index contributed by atoms with van der Waals surface area (Å²) in [4.78, 5) is 13.6. The molecule has 0 bridgehead atoms. The summed E-state index contributed by atoms with van der Waals surface area (Å²) in [6.07, 6.45) is 0. The Morgan fingerprint density at radius 3 is 2.04 bits per heavy atom. The second kappa shape index (κ2) is 8.09. The molecular formula is C22H29NOS. The topological polar surface area (TPSA) is 29.1 Å². The van der Waals surface area contributed by atoms with Crippen LogP contribution in [-0.2, 0) is 10.2 Å². The normalized spacial score (nSPS) is 14.0. The van der Waals surface area contributed by atoms with Crippen molar-refractivity contribution in [2.24, 2.45) is 0 Å². The summed E-state index contributed by atoms with van der Waals surface area (Å²) >= 11 is 1.59. The maximum Gasteiger partial charge on any atom is 0.233 e. The molecule has 0 spiro atoms. The second-order valence-electron chi connectivity index (χ2n) is 7.68. The third-order valence-electron chi connectivity index (χ3n) is 4.34. The third-order valence-corrected chi connectivity index (χ3v) is 5.45. The highest BCUT2D eigenvalue weighted by atomic mass is 32.2. The van der Waals surface area contributed by atoms with Crippen LogP contribution in [0, 0.1) is 6.92 Å². The van der Waals surface area contributed by atoms with Gasteiger partial charge in [0.05, 0.1) is 11.3 Å². The molecule has 0 aromatic heterocycles. The summed E-state index contributed by atoms with van der Waals surface area (Å²) in [5, 5.41) is 3.00. The molecule has 2 rings (SSSR count). The summed E-state index contributed by atoms with van der Waals surface area (Å²) < 4.78 is 0. The zero-order chi connectivity index (χ0) is 18.6. The number of aryl methyl sites for hydroxylation is 1. The first-order chi connectivity index (χ1) is 11.7. The highest BCUT2D eigenvalue weighted by Crippen LogP contribution is 2.26. The number of thioether (sulfide) groups is 1. The Morgan fingerprint density at radius 1 is 0.960 bits per heavy atom. The molecule has 0 aliphatic rings. The van der Waals surface area contributed by atoms with Crippen molar-refractivity contribution in [2.45, 2.75) is 63.1 Å². The van der Waals surface area contributed by atoms with E-state index in [1.807, 2.05) is 13.8 Å². The first kappa shape index (κ1) is 19.6. The predicted molar refractivity (Wildman–Crippen MR) is 108 cm³/mol. The molecule has 0 fully saturated rings. The van der Waals surface area contributed by atoms with Crippen molar-refractivity contribution in [3.05, 3.63) is 65.2 Å². The number of nitrogens with one attached hydrogen (secondary N) is 1. The number of carbonyl (C=O) groups excluding carboxylic acids is 1.